The zero-order valence-electron chi connectivity index (χ0n) is 18.4. The fourth-order valence-electron chi connectivity index (χ4n) is 5.23. The monoisotopic (exact) mass is 441 g/mol. The van der Waals surface area contributed by atoms with Gasteiger partial charge in [0.05, 0.1) is 22.7 Å². The predicted octanol–water partition coefficient (Wildman–Crippen LogP) is 6.78. The van der Waals surface area contributed by atoms with E-state index in [9.17, 15) is 18.4 Å². The van der Waals surface area contributed by atoms with Gasteiger partial charge in [0.25, 0.3) is 0 Å². The van der Waals surface area contributed by atoms with Gasteiger partial charge < -0.3 is 9.30 Å². The Morgan fingerprint density at radius 2 is 1.88 bits per heavy atom. The van der Waals surface area contributed by atoms with Crippen molar-refractivity contribution < 1.29 is 17.9 Å². The molecule has 2 aromatic carbocycles. The van der Waals surface area contributed by atoms with Gasteiger partial charge in [0.15, 0.2) is 0 Å². The van der Waals surface area contributed by atoms with E-state index in [2.05, 4.69) is 36.1 Å². The van der Waals surface area contributed by atoms with Crippen LogP contribution in [0.5, 0.6) is 5.75 Å². The molecule has 1 aliphatic carbocycles. The average molecular weight is 441 g/mol. The summed E-state index contributed by atoms with van der Waals surface area (Å²) in [5, 5.41) is 9.29. The molecule has 1 fully saturated rings. The molecule has 2 atom stereocenters. The van der Waals surface area contributed by atoms with Crippen molar-refractivity contribution in [1.29, 1.82) is 5.26 Å². The molecule has 1 aliphatic rings. The average Bonchev–Trinajstić information content (AvgIpc) is 3.03. The first-order valence-corrected chi connectivity index (χ1v) is 10.8. The Morgan fingerprint density at radius 3 is 2.50 bits per heavy atom. The summed E-state index contributed by atoms with van der Waals surface area (Å²) in [4.78, 5) is 4.85. The highest BCUT2D eigenvalue weighted by Crippen LogP contribution is 2.45. The van der Waals surface area contributed by atoms with Gasteiger partial charge in [-0.1, -0.05) is 32.9 Å². The van der Waals surface area contributed by atoms with Crippen molar-refractivity contribution in [3.8, 4) is 11.8 Å². The lowest BCUT2D eigenvalue weighted by atomic mass is 9.70. The predicted molar refractivity (Wildman–Crippen MR) is 116 cm³/mol. The van der Waals surface area contributed by atoms with Gasteiger partial charge in [0, 0.05) is 12.5 Å². The standard InChI is InChI=1S/C25H26F3N3O/c1-16-10-19(14-24(2,3)13-16)31-22-9-6-18(15-29)11-21(22)30-23(31)12-17-4-7-20(8-5-17)32-25(26,27)28/h4-9,11,16,19H,10,12-14H2,1-3H3/t16-,19?/m0/s1. The third-order valence-corrected chi connectivity index (χ3v) is 6.14. The fourth-order valence-corrected chi connectivity index (χ4v) is 5.23. The first-order chi connectivity index (χ1) is 15.0. The third kappa shape index (κ3) is 4.90. The molecule has 3 aromatic rings. The highest BCUT2D eigenvalue weighted by Gasteiger charge is 2.34. The van der Waals surface area contributed by atoms with Gasteiger partial charge in [-0.3, -0.25) is 0 Å². The van der Waals surface area contributed by atoms with Crippen molar-refractivity contribution in [3.63, 3.8) is 0 Å². The van der Waals surface area contributed by atoms with Crippen LogP contribution in [-0.4, -0.2) is 15.9 Å². The van der Waals surface area contributed by atoms with Gasteiger partial charge >= 0.3 is 6.36 Å². The molecule has 1 heterocycles. The van der Waals surface area contributed by atoms with Crippen molar-refractivity contribution in [2.24, 2.45) is 11.3 Å². The molecule has 1 aromatic heterocycles. The summed E-state index contributed by atoms with van der Waals surface area (Å²) in [5.74, 6) is 1.19. The topological polar surface area (TPSA) is 50.8 Å². The van der Waals surface area contributed by atoms with E-state index < -0.39 is 6.36 Å². The van der Waals surface area contributed by atoms with Crippen LogP contribution < -0.4 is 4.74 Å². The van der Waals surface area contributed by atoms with Crippen molar-refractivity contribution in [3.05, 3.63) is 59.4 Å². The Kier molecular flexibility index (Phi) is 5.66. The maximum Gasteiger partial charge on any atom is 0.573 e. The van der Waals surface area contributed by atoms with Gasteiger partial charge in [-0.25, -0.2) is 4.98 Å². The zero-order chi connectivity index (χ0) is 23.1. The lowest BCUT2D eigenvalue weighted by Crippen LogP contribution is -2.30. The number of hydrogen-bond acceptors (Lipinski definition) is 3. The van der Waals surface area contributed by atoms with Crippen LogP contribution >= 0.6 is 0 Å². The van der Waals surface area contributed by atoms with E-state index in [-0.39, 0.29) is 17.2 Å². The molecule has 0 aliphatic heterocycles. The van der Waals surface area contributed by atoms with Gasteiger partial charge in [-0.05, 0) is 66.5 Å². The zero-order valence-corrected chi connectivity index (χ0v) is 18.4. The Labute approximate surface area is 185 Å². The molecule has 32 heavy (non-hydrogen) atoms. The van der Waals surface area contributed by atoms with Crippen LogP contribution in [0.4, 0.5) is 13.2 Å². The highest BCUT2D eigenvalue weighted by molar-refractivity contribution is 5.78. The number of hydrogen-bond donors (Lipinski definition) is 0. The SMILES string of the molecule is C[C@H]1CC(n2c(Cc3ccc(OC(F)(F)F)cc3)nc3cc(C#N)ccc32)CC(C)(C)C1. The van der Waals surface area contributed by atoms with Crippen molar-refractivity contribution in [1.82, 2.24) is 9.55 Å². The largest absolute Gasteiger partial charge is 0.573 e. The summed E-state index contributed by atoms with van der Waals surface area (Å²) in [6.45, 7) is 6.86. The molecule has 0 radical (unpaired) electrons. The molecular formula is C25H26F3N3O. The molecule has 0 amide bonds. The second-order valence-electron chi connectivity index (χ2n) is 9.65. The maximum atomic E-state index is 12.5. The second kappa shape index (κ2) is 8.16. The third-order valence-electron chi connectivity index (χ3n) is 6.14. The number of aromatic nitrogens is 2. The van der Waals surface area contributed by atoms with E-state index in [0.717, 1.165) is 35.3 Å². The fraction of sp³-hybridized carbons (Fsp3) is 0.440. The minimum Gasteiger partial charge on any atom is -0.406 e. The minimum absolute atomic E-state index is 0.208. The van der Waals surface area contributed by atoms with Crippen LogP contribution in [0.15, 0.2) is 42.5 Å². The summed E-state index contributed by atoms with van der Waals surface area (Å²) in [6, 6.07) is 13.9. The van der Waals surface area contributed by atoms with E-state index in [4.69, 9.17) is 4.98 Å². The highest BCUT2D eigenvalue weighted by atomic mass is 19.4. The summed E-state index contributed by atoms with van der Waals surface area (Å²) >= 11 is 0. The van der Waals surface area contributed by atoms with E-state index in [1.165, 1.54) is 18.6 Å². The number of imidazole rings is 1. The molecule has 1 saturated carbocycles. The first-order valence-electron chi connectivity index (χ1n) is 10.8. The van der Waals surface area contributed by atoms with Crippen molar-refractivity contribution in [2.45, 2.75) is 58.9 Å². The van der Waals surface area contributed by atoms with E-state index in [1.807, 2.05) is 12.1 Å². The molecule has 7 heteroatoms. The van der Waals surface area contributed by atoms with Gasteiger partial charge in [-0.2, -0.15) is 5.26 Å². The molecular weight excluding hydrogens is 415 g/mol. The van der Waals surface area contributed by atoms with E-state index >= 15 is 0 Å². The van der Waals surface area contributed by atoms with Crippen LogP contribution in [0.2, 0.25) is 0 Å². The smallest absolute Gasteiger partial charge is 0.406 e. The van der Waals surface area contributed by atoms with Gasteiger partial charge in [0.2, 0.25) is 0 Å². The Morgan fingerprint density at radius 1 is 1.16 bits per heavy atom. The number of alkyl halides is 3. The van der Waals surface area contributed by atoms with Crippen molar-refractivity contribution in [2.75, 3.05) is 0 Å². The number of fused-ring (bicyclic) bond motifs is 1. The van der Waals surface area contributed by atoms with Gasteiger partial charge in [0.1, 0.15) is 11.6 Å². The first kappa shape index (κ1) is 22.2. The molecule has 0 saturated heterocycles. The molecule has 0 spiro atoms. The molecule has 4 rings (SSSR count). The molecule has 0 bridgehead atoms. The maximum absolute atomic E-state index is 12.5. The van der Waals surface area contributed by atoms with Crippen LogP contribution in [0.25, 0.3) is 11.0 Å². The number of ether oxygens (including phenoxy) is 1. The summed E-state index contributed by atoms with van der Waals surface area (Å²) in [5.41, 5.74) is 3.37. The van der Waals surface area contributed by atoms with Crippen LogP contribution in [-0.2, 0) is 6.42 Å². The molecule has 4 nitrogen and oxygen atoms in total. The molecule has 1 unspecified atom stereocenters. The Hall–Kier alpha value is -3.01. The Bertz CT molecular complexity index is 1160. The quantitative estimate of drug-likeness (QED) is 0.448. The lowest BCUT2D eigenvalue weighted by Gasteiger charge is -2.40. The number of rotatable bonds is 4. The number of nitrogens with zero attached hydrogens (tertiary/aromatic N) is 3. The number of nitriles is 1. The summed E-state index contributed by atoms with van der Waals surface area (Å²) in [6.07, 6.45) is -0.994. The summed E-state index contributed by atoms with van der Waals surface area (Å²) < 4.78 is 43.7. The van der Waals surface area contributed by atoms with Crippen molar-refractivity contribution >= 4 is 11.0 Å². The van der Waals surface area contributed by atoms with Gasteiger partial charge in [-0.15, -0.1) is 13.2 Å². The normalized spacial score (nSPS) is 20.8. The lowest BCUT2D eigenvalue weighted by molar-refractivity contribution is -0.274. The molecule has 168 valence electrons. The number of halogens is 3. The molecule has 0 N–H and O–H groups in total. The van der Waals surface area contributed by atoms with E-state index in [0.29, 0.717) is 17.9 Å². The Balaban J connectivity index is 1.72. The van der Waals surface area contributed by atoms with Crippen LogP contribution in [0.3, 0.4) is 0 Å². The number of benzene rings is 2. The summed E-state index contributed by atoms with van der Waals surface area (Å²) in [7, 11) is 0. The minimum atomic E-state index is -4.71. The van der Waals surface area contributed by atoms with Crippen LogP contribution in [0, 0.1) is 22.7 Å². The second-order valence-corrected chi connectivity index (χ2v) is 9.65. The van der Waals surface area contributed by atoms with E-state index in [1.54, 1.807) is 18.2 Å². The van der Waals surface area contributed by atoms with Crippen LogP contribution in [0.1, 0.15) is 63.0 Å².